The molecular weight excluding hydrogens is 426 g/mol. The van der Waals surface area contributed by atoms with Gasteiger partial charge in [-0.15, -0.1) is 10.2 Å². The number of aromatic nitrogens is 5. The van der Waals surface area contributed by atoms with Crippen LogP contribution >= 0.6 is 27.7 Å². The Kier molecular flexibility index (Phi) is 5.09. The quantitative estimate of drug-likeness (QED) is 0.409. The van der Waals surface area contributed by atoms with Crippen LogP contribution in [-0.4, -0.2) is 24.7 Å². The van der Waals surface area contributed by atoms with Gasteiger partial charge in [-0.05, 0) is 65.3 Å². The van der Waals surface area contributed by atoms with Crippen molar-refractivity contribution in [3.8, 4) is 11.6 Å². The number of benzene rings is 1. The Bertz CT molecular complexity index is 1060. The molecule has 0 unspecified atom stereocenters. The Labute approximate surface area is 169 Å². The highest BCUT2D eigenvalue weighted by Crippen LogP contribution is 2.31. The molecule has 0 spiro atoms. The maximum atomic E-state index is 5.71. The monoisotopic (exact) mass is 441 g/mol. The molecule has 3 heterocycles. The number of hydrogen-bond acceptors (Lipinski definition) is 6. The molecule has 0 aliphatic carbocycles. The van der Waals surface area contributed by atoms with Gasteiger partial charge in [0.15, 0.2) is 15.6 Å². The van der Waals surface area contributed by atoms with Crippen molar-refractivity contribution >= 4 is 27.7 Å². The van der Waals surface area contributed by atoms with Gasteiger partial charge < -0.3 is 4.42 Å². The lowest BCUT2D eigenvalue weighted by Gasteiger charge is -2.09. The summed E-state index contributed by atoms with van der Waals surface area (Å²) in [4.78, 5) is 8.84. The van der Waals surface area contributed by atoms with E-state index in [0.29, 0.717) is 22.8 Å². The first kappa shape index (κ1) is 17.9. The molecule has 136 valence electrons. The molecule has 1 aromatic carbocycles. The summed E-state index contributed by atoms with van der Waals surface area (Å²) >= 11 is 4.82. The second kappa shape index (κ2) is 7.66. The first-order valence-corrected chi connectivity index (χ1v) is 9.92. The number of hydrogen-bond donors (Lipinski definition) is 0. The molecular formula is C19H16BrN5OS. The average molecular weight is 442 g/mol. The summed E-state index contributed by atoms with van der Waals surface area (Å²) in [5.74, 6) is 2.07. The molecule has 0 saturated heterocycles. The summed E-state index contributed by atoms with van der Waals surface area (Å²) in [6.45, 7) is 4.48. The summed E-state index contributed by atoms with van der Waals surface area (Å²) in [6, 6.07) is 15.9. The molecule has 0 fully saturated rings. The van der Waals surface area contributed by atoms with Crippen molar-refractivity contribution in [3.63, 3.8) is 0 Å². The van der Waals surface area contributed by atoms with E-state index in [-0.39, 0.29) is 0 Å². The van der Waals surface area contributed by atoms with Crippen molar-refractivity contribution in [3.05, 3.63) is 70.3 Å². The van der Waals surface area contributed by atoms with E-state index in [1.54, 1.807) is 0 Å². The van der Waals surface area contributed by atoms with E-state index in [2.05, 4.69) is 48.2 Å². The van der Waals surface area contributed by atoms with Crippen LogP contribution in [0.3, 0.4) is 0 Å². The molecule has 0 N–H and O–H groups in total. The van der Waals surface area contributed by atoms with Crippen LogP contribution in [0.25, 0.3) is 11.6 Å². The van der Waals surface area contributed by atoms with Crippen molar-refractivity contribution in [1.29, 1.82) is 0 Å². The standard InChI is InChI=1S/C19H16BrN5OS/c1-12-10-17(22-13(2)21-12)27-19-24-23-18(15-8-9-16(20)26-15)25(19)11-14-6-4-3-5-7-14/h3-10H,11H2,1-2H3. The molecule has 0 aliphatic heterocycles. The van der Waals surface area contributed by atoms with Gasteiger partial charge in [-0.2, -0.15) is 0 Å². The smallest absolute Gasteiger partial charge is 0.200 e. The Hall–Kier alpha value is -2.45. The normalized spacial score (nSPS) is 11.1. The van der Waals surface area contributed by atoms with E-state index >= 15 is 0 Å². The second-order valence-electron chi connectivity index (χ2n) is 5.98. The molecule has 3 aromatic heterocycles. The maximum Gasteiger partial charge on any atom is 0.200 e. The van der Waals surface area contributed by atoms with Gasteiger partial charge in [-0.1, -0.05) is 30.3 Å². The summed E-state index contributed by atoms with van der Waals surface area (Å²) in [5.41, 5.74) is 2.08. The molecule has 6 nitrogen and oxygen atoms in total. The molecule has 4 rings (SSSR count). The van der Waals surface area contributed by atoms with Gasteiger partial charge in [0.25, 0.3) is 0 Å². The van der Waals surface area contributed by atoms with Gasteiger partial charge in [0.1, 0.15) is 10.9 Å². The molecule has 0 aliphatic rings. The first-order valence-electron chi connectivity index (χ1n) is 8.31. The number of nitrogens with zero attached hydrogens (tertiary/aromatic N) is 5. The van der Waals surface area contributed by atoms with Crippen molar-refractivity contribution in [2.24, 2.45) is 0 Å². The molecule has 4 aromatic rings. The van der Waals surface area contributed by atoms with Gasteiger partial charge in [0.2, 0.25) is 5.82 Å². The largest absolute Gasteiger partial charge is 0.446 e. The minimum absolute atomic E-state index is 0.632. The number of rotatable bonds is 5. The van der Waals surface area contributed by atoms with Crippen molar-refractivity contribution in [2.75, 3.05) is 0 Å². The van der Waals surface area contributed by atoms with Crippen LogP contribution in [0.1, 0.15) is 17.1 Å². The van der Waals surface area contributed by atoms with E-state index in [1.807, 2.05) is 54.8 Å². The topological polar surface area (TPSA) is 69.6 Å². The Morgan fingerprint density at radius 2 is 1.85 bits per heavy atom. The fourth-order valence-electron chi connectivity index (χ4n) is 2.72. The molecule has 0 atom stereocenters. The van der Waals surface area contributed by atoms with Gasteiger partial charge in [-0.3, -0.25) is 4.57 Å². The third kappa shape index (κ3) is 4.12. The van der Waals surface area contributed by atoms with E-state index in [4.69, 9.17) is 4.42 Å². The highest BCUT2D eigenvalue weighted by Gasteiger charge is 2.18. The fourth-order valence-corrected chi connectivity index (χ4v) is 3.96. The van der Waals surface area contributed by atoms with Crippen molar-refractivity contribution in [2.45, 2.75) is 30.6 Å². The highest BCUT2D eigenvalue weighted by molar-refractivity contribution is 9.10. The zero-order chi connectivity index (χ0) is 18.8. The van der Waals surface area contributed by atoms with E-state index in [9.17, 15) is 0 Å². The van der Waals surface area contributed by atoms with Crippen LogP contribution in [-0.2, 0) is 6.54 Å². The summed E-state index contributed by atoms with van der Waals surface area (Å²) in [7, 11) is 0. The predicted octanol–water partition coefficient (Wildman–Crippen LogP) is 4.91. The minimum Gasteiger partial charge on any atom is -0.446 e. The van der Waals surface area contributed by atoms with E-state index in [0.717, 1.165) is 27.3 Å². The van der Waals surface area contributed by atoms with Crippen molar-refractivity contribution in [1.82, 2.24) is 24.7 Å². The highest BCUT2D eigenvalue weighted by atomic mass is 79.9. The molecule has 8 heteroatoms. The lowest BCUT2D eigenvalue weighted by atomic mass is 10.2. The maximum absolute atomic E-state index is 5.71. The minimum atomic E-state index is 0.632. The fraction of sp³-hybridized carbons (Fsp3) is 0.158. The summed E-state index contributed by atoms with van der Waals surface area (Å²) in [5, 5.41) is 10.4. The predicted molar refractivity (Wildman–Crippen MR) is 107 cm³/mol. The van der Waals surface area contributed by atoms with Crippen LogP contribution in [0.15, 0.2) is 67.8 Å². The van der Waals surface area contributed by atoms with Crippen LogP contribution in [0.4, 0.5) is 0 Å². The van der Waals surface area contributed by atoms with Gasteiger partial charge in [-0.25, -0.2) is 9.97 Å². The van der Waals surface area contributed by atoms with Crippen LogP contribution in [0.5, 0.6) is 0 Å². The van der Waals surface area contributed by atoms with Crippen LogP contribution < -0.4 is 0 Å². The third-order valence-electron chi connectivity index (χ3n) is 3.83. The molecule has 0 saturated carbocycles. The number of aryl methyl sites for hydroxylation is 2. The van der Waals surface area contributed by atoms with E-state index in [1.165, 1.54) is 11.8 Å². The first-order chi connectivity index (χ1) is 13.1. The average Bonchev–Trinajstić information content (AvgIpc) is 3.22. The Morgan fingerprint density at radius 3 is 2.56 bits per heavy atom. The zero-order valence-corrected chi connectivity index (χ0v) is 17.2. The Morgan fingerprint density at radius 1 is 1.04 bits per heavy atom. The van der Waals surface area contributed by atoms with Crippen LogP contribution in [0.2, 0.25) is 0 Å². The number of furan rings is 1. The molecule has 0 radical (unpaired) electrons. The lowest BCUT2D eigenvalue weighted by Crippen LogP contribution is -2.04. The summed E-state index contributed by atoms with van der Waals surface area (Å²) in [6.07, 6.45) is 0. The Balaban J connectivity index is 1.75. The molecule has 0 bridgehead atoms. The van der Waals surface area contributed by atoms with Gasteiger partial charge in [0.05, 0.1) is 6.54 Å². The summed E-state index contributed by atoms with van der Waals surface area (Å²) < 4.78 is 8.40. The SMILES string of the molecule is Cc1cc(Sc2nnc(-c3ccc(Br)o3)n2Cc2ccccc2)nc(C)n1. The van der Waals surface area contributed by atoms with E-state index < -0.39 is 0 Å². The lowest BCUT2D eigenvalue weighted by molar-refractivity contribution is 0.545. The third-order valence-corrected chi connectivity index (χ3v) is 5.16. The number of halogens is 1. The molecule has 0 amide bonds. The zero-order valence-electron chi connectivity index (χ0n) is 14.8. The van der Waals surface area contributed by atoms with Gasteiger partial charge in [0, 0.05) is 5.69 Å². The van der Waals surface area contributed by atoms with Gasteiger partial charge >= 0.3 is 0 Å². The second-order valence-corrected chi connectivity index (χ2v) is 7.75. The molecule has 27 heavy (non-hydrogen) atoms. The van der Waals surface area contributed by atoms with Crippen LogP contribution in [0, 0.1) is 13.8 Å². The van der Waals surface area contributed by atoms with Crippen molar-refractivity contribution < 1.29 is 4.42 Å².